The molecule has 5 atom stereocenters. The van der Waals surface area contributed by atoms with E-state index in [1.165, 1.54) is 0 Å². The number of amides is 1. The molecule has 3 aliphatic heterocycles. The molecule has 3 saturated heterocycles. The van der Waals surface area contributed by atoms with Gasteiger partial charge in [-0.05, 0) is 43.0 Å². The molecule has 0 spiro atoms. The van der Waals surface area contributed by atoms with Crippen molar-refractivity contribution in [3.05, 3.63) is 90.6 Å². The van der Waals surface area contributed by atoms with Gasteiger partial charge in [0.1, 0.15) is 12.1 Å². The smallest absolute Gasteiger partial charge is 0.275 e. The summed E-state index contributed by atoms with van der Waals surface area (Å²) in [4.78, 5) is 18.0. The van der Waals surface area contributed by atoms with Gasteiger partial charge in [-0.2, -0.15) is 0 Å². The Balaban J connectivity index is 1.45. The summed E-state index contributed by atoms with van der Waals surface area (Å²) in [6.45, 7) is 10.3. The molecule has 2 N–H and O–H groups in total. The van der Waals surface area contributed by atoms with Crippen LogP contribution in [0.1, 0.15) is 43.9 Å². The second kappa shape index (κ2) is 9.21. The van der Waals surface area contributed by atoms with Crippen LogP contribution >= 0.6 is 0 Å². The zero-order valence-corrected chi connectivity index (χ0v) is 20.7. The Morgan fingerprint density at radius 3 is 2.71 bits per heavy atom. The van der Waals surface area contributed by atoms with Crippen LogP contribution in [0.5, 0.6) is 0 Å². The number of carbonyl (C=O) groups excluding carboxylic acids is 1. The Morgan fingerprint density at radius 1 is 1.20 bits per heavy atom. The molecule has 0 aliphatic carbocycles. The lowest BCUT2D eigenvalue weighted by atomic mass is 9.71. The van der Waals surface area contributed by atoms with Crippen molar-refractivity contribution in [1.29, 1.82) is 0 Å². The van der Waals surface area contributed by atoms with E-state index in [1.54, 1.807) is 6.20 Å². The number of hydrogen-bond donors (Lipinski definition) is 2. The summed E-state index contributed by atoms with van der Waals surface area (Å²) in [5.41, 5.74) is 2.40. The topological polar surface area (TPSA) is 62.2 Å². The van der Waals surface area contributed by atoms with Crippen LogP contribution < -0.4 is 5.32 Å². The molecule has 1 aromatic heterocycles. The Hall–Kier alpha value is -3.02. The maximum Gasteiger partial charge on any atom is 0.275 e. The van der Waals surface area contributed by atoms with Crippen molar-refractivity contribution in [1.82, 2.24) is 10.3 Å². The zero-order valence-electron chi connectivity index (χ0n) is 20.7. The molecule has 5 nitrogen and oxygen atoms in total. The number of pyridine rings is 1. The molecule has 2 aromatic carbocycles. The lowest BCUT2D eigenvalue weighted by Gasteiger charge is -2.57. The summed E-state index contributed by atoms with van der Waals surface area (Å²) in [7, 11) is 0. The monoisotopic (exact) mass is 470 g/mol. The molecule has 3 aromatic rings. The highest BCUT2D eigenvalue weighted by molar-refractivity contribution is 5.82. The minimum absolute atomic E-state index is 0.0267. The second-order valence-electron chi connectivity index (χ2n) is 10.9. The third kappa shape index (κ3) is 4.39. The lowest BCUT2D eigenvalue weighted by Crippen LogP contribution is -2.70. The molecule has 0 saturated carbocycles. The van der Waals surface area contributed by atoms with Gasteiger partial charge >= 0.3 is 0 Å². The molecule has 1 amide bonds. The van der Waals surface area contributed by atoms with E-state index in [2.05, 4.69) is 23.0 Å². The van der Waals surface area contributed by atoms with Crippen LogP contribution in [0, 0.1) is 11.8 Å². The number of aliphatic hydroxyl groups excluding tert-OH is 1. The lowest BCUT2D eigenvalue weighted by molar-refractivity contribution is -0.966. The molecule has 4 heterocycles. The van der Waals surface area contributed by atoms with Crippen LogP contribution in [0.2, 0.25) is 0 Å². The number of aliphatic hydroxyl groups is 1. The second-order valence-corrected chi connectivity index (χ2v) is 10.9. The van der Waals surface area contributed by atoms with Crippen molar-refractivity contribution in [2.75, 3.05) is 19.6 Å². The summed E-state index contributed by atoms with van der Waals surface area (Å²) in [5, 5.41) is 16.1. The first-order chi connectivity index (χ1) is 16.8. The van der Waals surface area contributed by atoms with Crippen LogP contribution in [0.15, 0.2) is 79.5 Å². The number of benzene rings is 2. The largest absolute Gasteiger partial charge is 0.382 e. The summed E-state index contributed by atoms with van der Waals surface area (Å²) >= 11 is 0. The van der Waals surface area contributed by atoms with Gasteiger partial charge in [0, 0.05) is 30.3 Å². The van der Waals surface area contributed by atoms with Gasteiger partial charge in [-0.15, -0.1) is 6.58 Å². The van der Waals surface area contributed by atoms with E-state index >= 15 is 0 Å². The van der Waals surface area contributed by atoms with Crippen molar-refractivity contribution < 1.29 is 14.4 Å². The average molecular weight is 471 g/mol. The summed E-state index contributed by atoms with van der Waals surface area (Å²) < 4.78 is 0.599. The predicted molar refractivity (Wildman–Crippen MR) is 139 cm³/mol. The van der Waals surface area contributed by atoms with Gasteiger partial charge in [0.2, 0.25) is 0 Å². The van der Waals surface area contributed by atoms with E-state index in [-0.39, 0.29) is 11.9 Å². The zero-order chi connectivity index (χ0) is 24.6. The summed E-state index contributed by atoms with van der Waals surface area (Å²) in [5.74, 6) is 0.902. The minimum Gasteiger partial charge on any atom is -0.382 e. The highest BCUT2D eigenvalue weighted by Crippen LogP contribution is 2.47. The molecule has 2 bridgehead atoms. The summed E-state index contributed by atoms with van der Waals surface area (Å²) in [6.07, 6.45) is 5.14. The highest BCUT2D eigenvalue weighted by atomic mass is 16.3. The fourth-order valence-corrected chi connectivity index (χ4v) is 6.57. The van der Waals surface area contributed by atoms with Crippen LogP contribution in [0.3, 0.4) is 0 Å². The first-order valence-electron chi connectivity index (χ1n) is 12.7. The Kier molecular flexibility index (Phi) is 6.24. The quantitative estimate of drug-likeness (QED) is 0.388. The van der Waals surface area contributed by atoms with Crippen LogP contribution in [-0.4, -0.2) is 46.2 Å². The molecule has 3 fully saturated rings. The number of quaternary nitrogens is 1. The number of nitrogens with zero attached hydrogens (tertiary/aromatic N) is 2. The molecule has 3 aliphatic rings. The van der Waals surface area contributed by atoms with E-state index in [1.807, 2.05) is 74.5 Å². The van der Waals surface area contributed by atoms with Crippen LogP contribution in [-0.2, 0) is 10.3 Å². The van der Waals surface area contributed by atoms with Crippen molar-refractivity contribution in [3.8, 4) is 0 Å². The SMILES string of the molecule is C=CC1C[N@+]2(CC(=O)NC(C)(C)c3ccccc3)CCC1CC2C(O)c1ccnc2ccccc12. The molecule has 0 radical (unpaired) electrons. The predicted octanol–water partition coefficient (Wildman–Crippen LogP) is 4.73. The van der Waals surface area contributed by atoms with Crippen LogP contribution in [0.4, 0.5) is 0 Å². The number of piperidine rings is 3. The standard InChI is InChI=1S/C30H35N3O2/c1-4-21-19-33(20-28(34)32-30(2,3)23-10-6-5-7-11-23)17-15-22(21)18-27(33)29(35)25-14-16-31-26-13-9-8-12-24(25)26/h4-14,16,21-22,27,29,35H,1,15,17-20H2,2-3H3/p+1/t21?,22?,27?,29?,33-/m0/s1. The van der Waals surface area contributed by atoms with E-state index in [4.69, 9.17) is 0 Å². The molecule has 6 rings (SSSR count). The normalized spacial score (nSPS) is 26.9. The maximum absolute atomic E-state index is 13.5. The average Bonchev–Trinajstić information content (AvgIpc) is 2.88. The molecular weight excluding hydrogens is 434 g/mol. The van der Waals surface area contributed by atoms with Gasteiger partial charge in [-0.1, -0.05) is 54.6 Å². The molecule has 5 heteroatoms. The number of para-hydroxylation sites is 1. The Morgan fingerprint density at radius 2 is 1.94 bits per heavy atom. The highest BCUT2D eigenvalue weighted by Gasteiger charge is 2.55. The van der Waals surface area contributed by atoms with Crippen molar-refractivity contribution >= 4 is 16.8 Å². The van der Waals surface area contributed by atoms with Gasteiger partial charge in [0.25, 0.3) is 5.91 Å². The van der Waals surface area contributed by atoms with E-state index in [0.29, 0.717) is 22.9 Å². The third-order valence-corrected chi connectivity index (χ3v) is 8.45. The van der Waals surface area contributed by atoms with Crippen molar-refractivity contribution in [2.45, 2.75) is 44.4 Å². The fraction of sp³-hybridized carbons (Fsp3) is 0.400. The molecule has 182 valence electrons. The number of rotatable bonds is 7. The fourth-order valence-electron chi connectivity index (χ4n) is 6.57. The van der Waals surface area contributed by atoms with Crippen molar-refractivity contribution in [2.24, 2.45) is 11.8 Å². The van der Waals surface area contributed by atoms with Gasteiger partial charge in [0.05, 0.1) is 24.1 Å². The van der Waals surface area contributed by atoms with E-state index < -0.39 is 11.6 Å². The van der Waals surface area contributed by atoms with Gasteiger partial charge < -0.3 is 14.9 Å². The number of aromatic nitrogens is 1. The molecule has 35 heavy (non-hydrogen) atoms. The van der Waals surface area contributed by atoms with Gasteiger partial charge in [0.15, 0.2) is 6.54 Å². The number of hydrogen-bond acceptors (Lipinski definition) is 3. The van der Waals surface area contributed by atoms with Gasteiger partial charge in [-0.25, -0.2) is 0 Å². The van der Waals surface area contributed by atoms with E-state index in [9.17, 15) is 9.90 Å². The number of fused-ring (bicyclic) bond motifs is 4. The first-order valence-corrected chi connectivity index (χ1v) is 12.7. The van der Waals surface area contributed by atoms with Crippen LogP contribution in [0.25, 0.3) is 10.9 Å². The maximum atomic E-state index is 13.5. The Labute approximate surface area is 208 Å². The summed E-state index contributed by atoms with van der Waals surface area (Å²) in [6, 6.07) is 20.0. The first kappa shape index (κ1) is 23.7. The number of nitrogens with one attached hydrogen (secondary N) is 1. The Bertz CT molecular complexity index is 1220. The molecule has 4 unspecified atom stereocenters. The van der Waals surface area contributed by atoms with Gasteiger partial charge in [-0.3, -0.25) is 9.78 Å². The van der Waals surface area contributed by atoms with E-state index in [0.717, 1.165) is 48.0 Å². The number of carbonyl (C=O) groups is 1. The third-order valence-electron chi connectivity index (χ3n) is 8.45. The van der Waals surface area contributed by atoms with Crippen molar-refractivity contribution in [3.63, 3.8) is 0 Å². The minimum atomic E-state index is -0.661. The molecular formula is C30H36N3O2+.